The summed E-state index contributed by atoms with van der Waals surface area (Å²) in [6.07, 6.45) is -8.48. The standard InChI is InChI=1S/C7H14O6.C2H6/c1-13-7-5(11)3(9)2(8)4(10)6(7)12;1-2/h2-12H,1H3;1-2H3. The average Bonchev–Trinajstić information content (AvgIpc) is 2.27. The first-order valence-electron chi connectivity index (χ1n) is 4.93. The van der Waals surface area contributed by atoms with Crippen molar-refractivity contribution in [1.82, 2.24) is 0 Å². The molecule has 0 amide bonds. The zero-order valence-corrected chi connectivity index (χ0v) is 9.11. The fourth-order valence-electron chi connectivity index (χ4n) is 1.48. The van der Waals surface area contributed by atoms with Crippen LogP contribution in [0.3, 0.4) is 0 Å². The summed E-state index contributed by atoms with van der Waals surface area (Å²) in [5.41, 5.74) is 0. The van der Waals surface area contributed by atoms with Gasteiger partial charge in [0.25, 0.3) is 0 Å². The number of aliphatic hydroxyl groups is 5. The van der Waals surface area contributed by atoms with Crippen LogP contribution in [-0.4, -0.2) is 69.3 Å². The van der Waals surface area contributed by atoms with Gasteiger partial charge in [-0.2, -0.15) is 0 Å². The first-order valence-corrected chi connectivity index (χ1v) is 4.93. The molecular formula is C9H20O6. The van der Waals surface area contributed by atoms with E-state index in [1.54, 1.807) is 0 Å². The van der Waals surface area contributed by atoms with Gasteiger partial charge in [-0.3, -0.25) is 0 Å². The summed E-state index contributed by atoms with van der Waals surface area (Å²) in [4.78, 5) is 0. The van der Waals surface area contributed by atoms with Crippen LogP contribution in [0.4, 0.5) is 0 Å². The zero-order valence-electron chi connectivity index (χ0n) is 9.11. The highest BCUT2D eigenvalue weighted by atomic mass is 16.5. The molecule has 0 saturated heterocycles. The second kappa shape index (κ2) is 6.37. The summed E-state index contributed by atoms with van der Waals surface area (Å²) in [7, 11) is 1.23. The lowest BCUT2D eigenvalue weighted by molar-refractivity contribution is -0.229. The topological polar surface area (TPSA) is 110 Å². The highest BCUT2D eigenvalue weighted by molar-refractivity contribution is 4.99. The second-order valence-corrected chi connectivity index (χ2v) is 3.15. The molecule has 15 heavy (non-hydrogen) atoms. The normalized spacial score (nSPS) is 45.6. The number of rotatable bonds is 1. The van der Waals surface area contributed by atoms with Crippen LogP contribution < -0.4 is 0 Å². The van der Waals surface area contributed by atoms with Crippen molar-refractivity contribution in [3.63, 3.8) is 0 Å². The number of hydrogen-bond acceptors (Lipinski definition) is 6. The Morgan fingerprint density at radius 1 is 0.667 bits per heavy atom. The molecule has 1 fully saturated rings. The zero-order chi connectivity index (χ0) is 12.2. The smallest absolute Gasteiger partial charge is 0.114 e. The van der Waals surface area contributed by atoms with Crippen LogP contribution >= 0.6 is 0 Å². The number of methoxy groups -OCH3 is 1. The van der Waals surface area contributed by atoms with Crippen LogP contribution in [0.1, 0.15) is 13.8 Å². The van der Waals surface area contributed by atoms with Crippen molar-refractivity contribution in [3.05, 3.63) is 0 Å². The minimum absolute atomic E-state index is 1.09. The van der Waals surface area contributed by atoms with E-state index >= 15 is 0 Å². The van der Waals surface area contributed by atoms with Crippen molar-refractivity contribution in [1.29, 1.82) is 0 Å². The fourth-order valence-corrected chi connectivity index (χ4v) is 1.48. The van der Waals surface area contributed by atoms with Gasteiger partial charge in [-0.05, 0) is 0 Å². The lowest BCUT2D eigenvalue weighted by Gasteiger charge is -2.40. The molecule has 4 atom stereocenters. The molecule has 0 aromatic rings. The molecule has 92 valence electrons. The van der Waals surface area contributed by atoms with Crippen molar-refractivity contribution in [2.75, 3.05) is 7.11 Å². The SMILES string of the molecule is CC.COC1C(O)C(O)C(O)C(O)C1O. The second-order valence-electron chi connectivity index (χ2n) is 3.15. The van der Waals surface area contributed by atoms with E-state index in [1.807, 2.05) is 13.8 Å². The van der Waals surface area contributed by atoms with Gasteiger partial charge >= 0.3 is 0 Å². The van der Waals surface area contributed by atoms with E-state index in [-0.39, 0.29) is 0 Å². The van der Waals surface area contributed by atoms with Crippen LogP contribution in [0.25, 0.3) is 0 Å². The van der Waals surface area contributed by atoms with Gasteiger partial charge in [-0.15, -0.1) is 0 Å². The number of ether oxygens (including phenoxy) is 1. The molecule has 6 heteroatoms. The van der Waals surface area contributed by atoms with Crippen molar-refractivity contribution in [2.45, 2.75) is 50.5 Å². The van der Waals surface area contributed by atoms with Crippen LogP contribution in [-0.2, 0) is 4.74 Å². The molecule has 5 N–H and O–H groups in total. The van der Waals surface area contributed by atoms with Crippen LogP contribution in [0.2, 0.25) is 0 Å². The lowest BCUT2D eigenvalue weighted by Crippen LogP contribution is -2.64. The lowest BCUT2D eigenvalue weighted by atomic mass is 9.85. The van der Waals surface area contributed by atoms with E-state index in [1.165, 1.54) is 7.11 Å². The molecule has 0 aromatic heterocycles. The summed E-state index contributed by atoms with van der Waals surface area (Å²) in [6.45, 7) is 4.00. The third kappa shape index (κ3) is 2.87. The van der Waals surface area contributed by atoms with E-state index in [4.69, 9.17) is 5.11 Å². The number of hydrogen-bond donors (Lipinski definition) is 5. The predicted octanol–water partition coefficient (Wildman–Crippen LogP) is -2.15. The van der Waals surface area contributed by atoms with Gasteiger partial charge in [0.1, 0.15) is 36.6 Å². The quantitative estimate of drug-likeness (QED) is 0.347. The summed E-state index contributed by atoms with van der Waals surface area (Å²) >= 11 is 0. The van der Waals surface area contributed by atoms with Gasteiger partial charge < -0.3 is 30.3 Å². The molecule has 1 aliphatic carbocycles. The van der Waals surface area contributed by atoms with Crippen LogP contribution in [0.15, 0.2) is 0 Å². The molecule has 0 heterocycles. The van der Waals surface area contributed by atoms with Gasteiger partial charge in [0.2, 0.25) is 0 Å². The van der Waals surface area contributed by atoms with Crippen LogP contribution in [0.5, 0.6) is 0 Å². The molecule has 1 saturated carbocycles. The van der Waals surface area contributed by atoms with Crippen molar-refractivity contribution >= 4 is 0 Å². The Bertz CT molecular complexity index is 160. The maximum absolute atomic E-state index is 9.29. The van der Waals surface area contributed by atoms with Gasteiger partial charge in [-0.1, -0.05) is 13.8 Å². The molecule has 0 radical (unpaired) electrons. The Kier molecular flexibility index (Phi) is 6.26. The molecule has 1 aliphatic rings. The molecule has 4 unspecified atom stereocenters. The molecule has 1 rings (SSSR count). The van der Waals surface area contributed by atoms with Gasteiger partial charge in [0.15, 0.2) is 0 Å². The van der Waals surface area contributed by atoms with Crippen LogP contribution in [0, 0.1) is 0 Å². The molecule has 0 aromatic carbocycles. The first-order chi connectivity index (χ1) is 7.00. The average molecular weight is 224 g/mol. The third-order valence-electron chi connectivity index (χ3n) is 2.35. The van der Waals surface area contributed by atoms with Crippen molar-refractivity contribution < 1.29 is 30.3 Å². The Labute approximate surface area is 88.7 Å². The van der Waals surface area contributed by atoms with E-state index in [0.717, 1.165) is 0 Å². The molecule has 0 aliphatic heterocycles. The largest absolute Gasteiger partial charge is 0.387 e. The third-order valence-corrected chi connectivity index (χ3v) is 2.35. The first kappa shape index (κ1) is 14.8. The van der Waals surface area contributed by atoms with Gasteiger partial charge in [0.05, 0.1) is 0 Å². The molecule has 6 nitrogen and oxygen atoms in total. The summed E-state index contributed by atoms with van der Waals surface area (Å²) in [6, 6.07) is 0. The molecule has 0 bridgehead atoms. The maximum Gasteiger partial charge on any atom is 0.114 e. The Morgan fingerprint density at radius 2 is 0.933 bits per heavy atom. The predicted molar refractivity (Wildman–Crippen MR) is 52.2 cm³/mol. The van der Waals surface area contributed by atoms with Crippen molar-refractivity contribution in [2.24, 2.45) is 0 Å². The Hall–Kier alpha value is -0.240. The summed E-state index contributed by atoms with van der Waals surface area (Å²) in [5.74, 6) is 0. The molecule has 0 spiro atoms. The van der Waals surface area contributed by atoms with Crippen molar-refractivity contribution in [3.8, 4) is 0 Å². The minimum Gasteiger partial charge on any atom is -0.387 e. The van der Waals surface area contributed by atoms with E-state index in [2.05, 4.69) is 4.74 Å². The highest BCUT2D eigenvalue weighted by Crippen LogP contribution is 2.23. The molecular weight excluding hydrogens is 204 g/mol. The maximum atomic E-state index is 9.29. The Balaban J connectivity index is 0.000000921. The van der Waals surface area contributed by atoms with Gasteiger partial charge in [-0.25, -0.2) is 0 Å². The fraction of sp³-hybridized carbons (Fsp3) is 1.00. The monoisotopic (exact) mass is 224 g/mol. The minimum atomic E-state index is -1.56. The van der Waals surface area contributed by atoms with Gasteiger partial charge in [0, 0.05) is 7.11 Å². The van der Waals surface area contributed by atoms with E-state index < -0.39 is 36.6 Å². The number of aliphatic hydroxyl groups excluding tert-OH is 5. The highest BCUT2D eigenvalue weighted by Gasteiger charge is 2.48. The van der Waals surface area contributed by atoms with E-state index in [9.17, 15) is 20.4 Å². The van der Waals surface area contributed by atoms with E-state index in [0.29, 0.717) is 0 Å². The summed E-state index contributed by atoms with van der Waals surface area (Å²) in [5, 5.41) is 46.1. The Morgan fingerprint density at radius 3 is 1.20 bits per heavy atom. The summed E-state index contributed by atoms with van der Waals surface area (Å²) < 4.78 is 4.67.